The van der Waals surface area contributed by atoms with Crippen LogP contribution in [0.15, 0.2) is 23.4 Å². The second kappa shape index (κ2) is 4.50. The highest BCUT2D eigenvalue weighted by Crippen LogP contribution is 2.15. The molecule has 0 saturated heterocycles. The highest BCUT2D eigenvalue weighted by atomic mass is 19.1. The highest BCUT2D eigenvalue weighted by molar-refractivity contribution is 5.89. The van der Waals surface area contributed by atoms with Crippen LogP contribution >= 0.6 is 0 Å². The lowest BCUT2D eigenvalue weighted by atomic mass is 10.2. The molecule has 0 aliphatic rings. The molecule has 80 valence electrons. The Hall–Kier alpha value is -1.98. The monoisotopic (exact) mass is 210 g/mol. The molecule has 0 saturated carbocycles. The van der Waals surface area contributed by atoms with E-state index in [1.807, 2.05) is 0 Å². The SMILES string of the molecule is Cc1cc(F)ccc1NC(=O)N(C)N=N. The predicted octanol–water partition coefficient (Wildman–Crippen LogP) is 2.54. The van der Waals surface area contributed by atoms with Crippen molar-refractivity contribution in [2.75, 3.05) is 12.4 Å². The number of halogens is 1. The van der Waals surface area contributed by atoms with Crippen molar-refractivity contribution in [1.82, 2.24) is 5.01 Å². The minimum Gasteiger partial charge on any atom is -0.306 e. The van der Waals surface area contributed by atoms with E-state index in [9.17, 15) is 9.18 Å². The van der Waals surface area contributed by atoms with E-state index in [1.54, 1.807) is 6.92 Å². The van der Waals surface area contributed by atoms with Gasteiger partial charge in [-0.1, -0.05) is 5.22 Å². The lowest BCUT2D eigenvalue weighted by molar-refractivity contribution is 0.220. The van der Waals surface area contributed by atoms with Gasteiger partial charge in [-0.3, -0.25) is 0 Å². The second-order valence-corrected chi connectivity index (χ2v) is 3.01. The minimum absolute atomic E-state index is 0.357. The molecule has 1 aromatic carbocycles. The number of carbonyl (C=O) groups excluding carboxylic acids is 1. The highest BCUT2D eigenvalue weighted by Gasteiger charge is 2.08. The first kappa shape index (κ1) is 11.1. The molecule has 2 amide bonds. The van der Waals surface area contributed by atoms with E-state index in [4.69, 9.17) is 5.53 Å². The maximum atomic E-state index is 12.7. The smallest absolute Gasteiger partial charge is 0.306 e. The van der Waals surface area contributed by atoms with E-state index in [-0.39, 0.29) is 5.82 Å². The van der Waals surface area contributed by atoms with E-state index >= 15 is 0 Å². The number of nitrogens with one attached hydrogen (secondary N) is 2. The van der Waals surface area contributed by atoms with Gasteiger partial charge in [-0.2, -0.15) is 10.5 Å². The number of hydrogen-bond acceptors (Lipinski definition) is 3. The van der Waals surface area contributed by atoms with Crippen molar-refractivity contribution in [3.63, 3.8) is 0 Å². The second-order valence-electron chi connectivity index (χ2n) is 3.01. The number of anilines is 1. The van der Waals surface area contributed by atoms with Gasteiger partial charge in [-0.05, 0) is 30.7 Å². The molecule has 2 N–H and O–H groups in total. The Morgan fingerprint density at radius 3 is 2.80 bits per heavy atom. The molecule has 0 fully saturated rings. The molecule has 15 heavy (non-hydrogen) atoms. The van der Waals surface area contributed by atoms with Gasteiger partial charge in [-0.25, -0.2) is 9.18 Å². The number of carbonyl (C=O) groups is 1. The fraction of sp³-hybridized carbons (Fsp3) is 0.222. The van der Waals surface area contributed by atoms with Crippen LogP contribution in [0.5, 0.6) is 0 Å². The van der Waals surface area contributed by atoms with E-state index in [0.29, 0.717) is 11.3 Å². The van der Waals surface area contributed by atoms with Crippen molar-refractivity contribution < 1.29 is 9.18 Å². The van der Waals surface area contributed by atoms with Gasteiger partial charge in [0.05, 0.1) is 0 Å². The number of aryl methyl sites for hydroxylation is 1. The van der Waals surface area contributed by atoms with Crippen molar-refractivity contribution in [3.8, 4) is 0 Å². The fourth-order valence-electron chi connectivity index (χ4n) is 1.01. The number of amides is 2. The van der Waals surface area contributed by atoms with Crippen LogP contribution < -0.4 is 5.32 Å². The molecule has 0 radical (unpaired) electrons. The Kier molecular flexibility index (Phi) is 3.33. The van der Waals surface area contributed by atoms with Crippen LogP contribution in [0.1, 0.15) is 5.56 Å². The van der Waals surface area contributed by atoms with Crippen molar-refractivity contribution in [1.29, 1.82) is 5.53 Å². The van der Waals surface area contributed by atoms with Crippen LogP contribution in [0.25, 0.3) is 0 Å². The van der Waals surface area contributed by atoms with Crippen LogP contribution in [-0.4, -0.2) is 18.1 Å². The van der Waals surface area contributed by atoms with Gasteiger partial charge < -0.3 is 5.32 Å². The molecule has 5 nitrogen and oxygen atoms in total. The maximum absolute atomic E-state index is 12.7. The summed E-state index contributed by atoms with van der Waals surface area (Å²) in [4.78, 5) is 11.3. The summed E-state index contributed by atoms with van der Waals surface area (Å²) in [5.74, 6) is -0.357. The first-order chi connectivity index (χ1) is 7.04. The molecular formula is C9H11FN4O. The van der Waals surface area contributed by atoms with Crippen LogP contribution in [0.3, 0.4) is 0 Å². The Morgan fingerprint density at radius 1 is 1.60 bits per heavy atom. The molecule has 0 unspecified atom stereocenters. The average Bonchev–Trinajstić information content (AvgIpc) is 2.20. The summed E-state index contributed by atoms with van der Waals surface area (Å²) < 4.78 is 12.7. The molecule has 1 rings (SSSR count). The van der Waals surface area contributed by atoms with Crippen LogP contribution in [0.2, 0.25) is 0 Å². The molecule has 0 aliphatic heterocycles. The largest absolute Gasteiger partial charge is 0.343 e. The van der Waals surface area contributed by atoms with Gasteiger partial charge in [0, 0.05) is 12.7 Å². The van der Waals surface area contributed by atoms with Crippen molar-refractivity contribution in [2.45, 2.75) is 6.92 Å². The number of benzene rings is 1. The summed E-state index contributed by atoms with van der Waals surface area (Å²) in [5, 5.41) is 6.26. The number of rotatable bonds is 2. The van der Waals surface area contributed by atoms with Gasteiger partial charge in [-0.15, -0.1) is 0 Å². The van der Waals surface area contributed by atoms with Gasteiger partial charge in [0.15, 0.2) is 0 Å². The van der Waals surface area contributed by atoms with Gasteiger partial charge in [0.1, 0.15) is 5.82 Å². The van der Waals surface area contributed by atoms with E-state index in [0.717, 1.165) is 5.01 Å². The number of nitrogens with zero attached hydrogens (tertiary/aromatic N) is 2. The first-order valence-electron chi connectivity index (χ1n) is 4.23. The lowest BCUT2D eigenvalue weighted by Gasteiger charge is -2.12. The Labute approximate surface area is 86.4 Å². The third kappa shape index (κ3) is 2.73. The normalized spacial score (nSPS) is 9.53. The lowest BCUT2D eigenvalue weighted by Crippen LogP contribution is -2.26. The summed E-state index contributed by atoms with van der Waals surface area (Å²) in [5.41, 5.74) is 7.73. The summed E-state index contributed by atoms with van der Waals surface area (Å²) in [7, 11) is 1.35. The third-order valence-corrected chi connectivity index (χ3v) is 1.87. The maximum Gasteiger partial charge on any atom is 0.343 e. The summed E-state index contributed by atoms with van der Waals surface area (Å²) in [6.07, 6.45) is 0. The minimum atomic E-state index is -0.542. The van der Waals surface area contributed by atoms with E-state index < -0.39 is 6.03 Å². The predicted molar refractivity (Wildman–Crippen MR) is 53.1 cm³/mol. The van der Waals surface area contributed by atoms with E-state index in [2.05, 4.69) is 10.5 Å². The number of hydrogen-bond donors (Lipinski definition) is 2. The Bertz CT molecular complexity index is 394. The van der Waals surface area contributed by atoms with E-state index in [1.165, 1.54) is 25.2 Å². The third-order valence-electron chi connectivity index (χ3n) is 1.87. The molecular weight excluding hydrogens is 199 g/mol. The average molecular weight is 210 g/mol. The molecule has 6 heteroatoms. The molecule has 0 spiro atoms. The quantitative estimate of drug-likeness (QED) is 0.571. The van der Waals surface area contributed by atoms with Gasteiger partial charge >= 0.3 is 6.03 Å². The van der Waals surface area contributed by atoms with Crippen LogP contribution in [0, 0.1) is 18.3 Å². The molecule has 0 bridgehead atoms. The van der Waals surface area contributed by atoms with Crippen molar-refractivity contribution >= 4 is 11.7 Å². The van der Waals surface area contributed by atoms with Crippen LogP contribution in [-0.2, 0) is 0 Å². The van der Waals surface area contributed by atoms with Crippen molar-refractivity contribution in [3.05, 3.63) is 29.6 Å². The fourth-order valence-corrected chi connectivity index (χ4v) is 1.01. The summed E-state index contributed by atoms with van der Waals surface area (Å²) in [6, 6.07) is 3.48. The van der Waals surface area contributed by atoms with Gasteiger partial charge in [0.25, 0.3) is 0 Å². The molecule has 0 aromatic heterocycles. The van der Waals surface area contributed by atoms with Crippen molar-refractivity contribution in [2.24, 2.45) is 5.22 Å². The zero-order chi connectivity index (χ0) is 11.4. The number of urea groups is 1. The van der Waals surface area contributed by atoms with Gasteiger partial charge in [0.2, 0.25) is 0 Å². The first-order valence-corrected chi connectivity index (χ1v) is 4.23. The standard InChI is InChI=1S/C9H11FN4O/c1-6-5-7(10)3-4-8(6)12-9(15)14(2)13-11/h3-5,11H,1-2H3,(H,12,15). The molecule has 0 aliphatic carbocycles. The zero-order valence-corrected chi connectivity index (χ0v) is 8.41. The topological polar surface area (TPSA) is 68.6 Å². The summed E-state index contributed by atoms with van der Waals surface area (Å²) in [6.45, 7) is 1.68. The Balaban J connectivity index is 2.81. The molecule has 0 heterocycles. The molecule has 1 aromatic rings. The molecule has 0 atom stereocenters. The summed E-state index contributed by atoms with van der Waals surface area (Å²) >= 11 is 0. The van der Waals surface area contributed by atoms with Crippen LogP contribution in [0.4, 0.5) is 14.9 Å². The zero-order valence-electron chi connectivity index (χ0n) is 8.41. The Morgan fingerprint density at radius 2 is 2.27 bits per heavy atom.